The van der Waals surface area contributed by atoms with Crippen LogP contribution in [0.2, 0.25) is 0 Å². The van der Waals surface area contributed by atoms with Crippen molar-refractivity contribution >= 4 is 22.6 Å². The molecule has 1 aliphatic rings. The first-order valence-corrected chi connectivity index (χ1v) is 8.97. The fourth-order valence-electron chi connectivity index (χ4n) is 3.51. The lowest BCUT2D eigenvalue weighted by molar-refractivity contribution is -0.128. The number of aromatic nitrogens is 3. The fourth-order valence-corrected chi connectivity index (χ4v) is 3.51. The molecule has 1 fully saturated rings. The van der Waals surface area contributed by atoms with E-state index in [2.05, 4.69) is 15.0 Å². The number of ether oxygens (including phenoxy) is 1. The number of ketones is 1. The maximum Gasteiger partial charge on any atom is 0.295 e. The lowest BCUT2D eigenvalue weighted by Gasteiger charge is -2.31. The number of aromatic amines is 1. The molecule has 0 unspecified atom stereocenters. The van der Waals surface area contributed by atoms with Gasteiger partial charge >= 0.3 is 0 Å². The number of H-pyrrole nitrogens is 1. The smallest absolute Gasteiger partial charge is 0.295 e. The summed E-state index contributed by atoms with van der Waals surface area (Å²) in [7, 11) is 0. The van der Waals surface area contributed by atoms with Gasteiger partial charge in [-0.1, -0.05) is 18.2 Å². The number of nitrogens with zero attached hydrogens (tertiary/aromatic N) is 3. The fraction of sp³-hybridized carbons (Fsp3) is 0.300. The van der Waals surface area contributed by atoms with Gasteiger partial charge in [-0.05, 0) is 13.0 Å². The van der Waals surface area contributed by atoms with Crippen molar-refractivity contribution in [3.05, 3.63) is 54.1 Å². The number of Topliss-reactive ketones (excluding diaryl/α,β-unsaturated/α-hetero) is 1. The van der Waals surface area contributed by atoms with Crippen LogP contribution in [0.4, 0.5) is 0 Å². The summed E-state index contributed by atoms with van der Waals surface area (Å²) in [5.41, 5.74) is 2.05. The summed E-state index contributed by atoms with van der Waals surface area (Å²) >= 11 is 0. The summed E-state index contributed by atoms with van der Waals surface area (Å²) < 4.78 is 5.79. The Labute approximate surface area is 156 Å². The number of fused-ring (bicyclic) bond motifs is 1. The SMILES string of the molecule is Cc1[nH]c2ccccc2c1C(=O)C(=O)N1CCC(Oc2cnccn2)CC1. The Bertz CT molecular complexity index is 975. The standard InChI is InChI=1S/C20H20N4O3/c1-13-18(15-4-2-3-5-16(15)23-13)19(25)20(26)24-10-6-14(7-11-24)27-17-12-21-8-9-22-17/h2-5,8-9,12,14,23H,6-7,10-11H2,1H3. The Morgan fingerprint density at radius 1 is 1.19 bits per heavy atom. The minimum Gasteiger partial charge on any atom is -0.473 e. The Balaban J connectivity index is 1.43. The quantitative estimate of drug-likeness (QED) is 0.568. The molecule has 0 saturated carbocycles. The van der Waals surface area contributed by atoms with E-state index >= 15 is 0 Å². The van der Waals surface area contributed by atoms with Crippen LogP contribution < -0.4 is 4.74 Å². The van der Waals surface area contributed by atoms with Gasteiger partial charge in [-0.25, -0.2) is 4.98 Å². The predicted molar refractivity (Wildman–Crippen MR) is 99.6 cm³/mol. The van der Waals surface area contributed by atoms with Crippen molar-refractivity contribution in [1.82, 2.24) is 19.9 Å². The summed E-state index contributed by atoms with van der Waals surface area (Å²) in [6.45, 7) is 2.79. The zero-order valence-electron chi connectivity index (χ0n) is 15.0. The molecule has 7 heteroatoms. The molecule has 1 N–H and O–H groups in total. The summed E-state index contributed by atoms with van der Waals surface area (Å²) in [5.74, 6) is -0.438. The highest BCUT2D eigenvalue weighted by Gasteiger charge is 2.30. The second kappa shape index (κ2) is 7.19. The predicted octanol–water partition coefficient (Wildman–Crippen LogP) is 2.52. The summed E-state index contributed by atoms with van der Waals surface area (Å²) in [6.07, 6.45) is 6.02. The number of amides is 1. The first-order valence-electron chi connectivity index (χ1n) is 8.97. The molecule has 27 heavy (non-hydrogen) atoms. The number of nitrogens with one attached hydrogen (secondary N) is 1. The molecular formula is C20H20N4O3. The highest BCUT2D eigenvalue weighted by Crippen LogP contribution is 2.24. The molecule has 138 valence electrons. The number of carbonyl (C=O) groups is 2. The molecule has 0 spiro atoms. The van der Waals surface area contributed by atoms with Crippen LogP contribution in [0.15, 0.2) is 42.9 Å². The van der Waals surface area contributed by atoms with Crippen molar-refractivity contribution in [2.75, 3.05) is 13.1 Å². The Morgan fingerprint density at radius 3 is 2.70 bits per heavy atom. The molecule has 0 bridgehead atoms. The van der Waals surface area contributed by atoms with E-state index in [0.29, 0.717) is 37.4 Å². The number of likely N-dealkylation sites (tertiary alicyclic amines) is 1. The summed E-state index contributed by atoms with van der Waals surface area (Å²) in [4.78, 5) is 38.5. The number of para-hydroxylation sites is 1. The van der Waals surface area contributed by atoms with Crippen LogP contribution in [0.5, 0.6) is 5.88 Å². The Morgan fingerprint density at radius 2 is 1.96 bits per heavy atom. The molecular weight excluding hydrogens is 344 g/mol. The molecule has 4 rings (SSSR count). The molecule has 1 saturated heterocycles. The van der Waals surface area contributed by atoms with Gasteiger partial charge in [0.15, 0.2) is 0 Å². The van der Waals surface area contributed by atoms with Crippen LogP contribution in [0.25, 0.3) is 10.9 Å². The normalized spacial score (nSPS) is 15.1. The minimum absolute atomic E-state index is 0.0318. The van der Waals surface area contributed by atoms with Crippen LogP contribution >= 0.6 is 0 Å². The van der Waals surface area contributed by atoms with E-state index in [0.717, 1.165) is 16.6 Å². The van der Waals surface area contributed by atoms with Gasteiger partial charge < -0.3 is 14.6 Å². The van der Waals surface area contributed by atoms with Gasteiger partial charge in [-0.3, -0.25) is 14.6 Å². The van der Waals surface area contributed by atoms with Crippen LogP contribution in [-0.4, -0.2) is 50.7 Å². The van der Waals surface area contributed by atoms with Crippen molar-refractivity contribution in [1.29, 1.82) is 0 Å². The maximum absolute atomic E-state index is 12.9. The van der Waals surface area contributed by atoms with Crippen molar-refractivity contribution in [2.45, 2.75) is 25.9 Å². The highest BCUT2D eigenvalue weighted by molar-refractivity contribution is 6.45. The first-order chi connectivity index (χ1) is 13.1. The Hall–Kier alpha value is -3.22. The van der Waals surface area contributed by atoms with Crippen LogP contribution in [-0.2, 0) is 4.79 Å². The molecule has 0 radical (unpaired) electrons. The molecule has 3 aromatic rings. The first kappa shape index (κ1) is 17.2. The zero-order valence-corrected chi connectivity index (χ0v) is 15.0. The van der Waals surface area contributed by atoms with Crippen molar-refractivity contribution < 1.29 is 14.3 Å². The number of hydrogen-bond donors (Lipinski definition) is 1. The summed E-state index contributed by atoms with van der Waals surface area (Å²) in [5, 5.41) is 0.786. The molecule has 1 amide bonds. The monoisotopic (exact) mass is 364 g/mol. The number of rotatable bonds is 4. The van der Waals surface area contributed by atoms with E-state index in [-0.39, 0.29) is 6.10 Å². The lowest BCUT2D eigenvalue weighted by Crippen LogP contribution is -2.44. The lowest BCUT2D eigenvalue weighted by atomic mass is 10.0. The van der Waals surface area contributed by atoms with E-state index < -0.39 is 11.7 Å². The number of piperidine rings is 1. The van der Waals surface area contributed by atoms with E-state index in [1.807, 2.05) is 31.2 Å². The average molecular weight is 364 g/mol. The number of benzene rings is 1. The van der Waals surface area contributed by atoms with Crippen LogP contribution in [0.1, 0.15) is 28.9 Å². The maximum atomic E-state index is 12.9. The van der Waals surface area contributed by atoms with Gasteiger partial charge in [-0.2, -0.15) is 0 Å². The minimum atomic E-state index is -0.460. The van der Waals surface area contributed by atoms with Gasteiger partial charge in [0, 0.05) is 54.9 Å². The van der Waals surface area contributed by atoms with Gasteiger partial charge in [0.2, 0.25) is 5.88 Å². The zero-order chi connectivity index (χ0) is 18.8. The molecule has 1 aliphatic heterocycles. The molecule has 1 aromatic carbocycles. The van der Waals surface area contributed by atoms with Crippen LogP contribution in [0, 0.1) is 6.92 Å². The third-order valence-electron chi connectivity index (χ3n) is 4.87. The van der Waals surface area contributed by atoms with E-state index in [4.69, 9.17) is 4.74 Å². The van der Waals surface area contributed by atoms with Gasteiger partial charge in [0.25, 0.3) is 11.7 Å². The van der Waals surface area contributed by atoms with E-state index in [9.17, 15) is 9.59 Å². The van der Waals surface area contributed by atoms with Gasteiger partial charge in [0.05, 0.1) is 11.8 Å². The van der Waals surface area contributed by atoms with E-state index in [1.54, 1.807) is 23.5 Å². The highest BCUT2D eigenvalue weighted by atomic mass is 16.5. The van der Waals surface area contributed by atoms with Gasteiger partial charge in [0.1, 0.15) is 6.10 Å². The topological polar surface area (TPSA) is 88.2 Å². The van der Waals surface area contributed by atoms with Crippen molar-refractivity contribution in [3.8, 4) is 5.88 Å². The average Bonchev–Trinajstić information content (AvgIpc) is 3.04. The third-order valence-corrected chi connectivity index (χ3v) is 4.87. The third kappa shape index (κ3) is 3.40. The van der Waals surface area contributed by atoms with E-state index in [1.165, 1.54) is 0 Å². The van der Waals surface area contributed by atoms with Crippen molar-refractivity contribution in [2.24, 2.45) is 0 Å². The van der Waals surface area contributed by atoms with Crippen molar-refractivity contribution in [3.63, 3.8) is 0 Å². The molecule has 2 aromatic heterocycles. The Kier molecular flexibility index (Phi) is 4.58. The second-order valence-corrected chi connectivity index (χ2v) is 6.65. The number of carbonyl (C=O) groups excluding carboxylic acids is 2. The molecule has 7 nitrogen and oxygen atoms in total. The number of aryl methyl sites for hydroxylation is 1. The van der Waals surface area contributed by atoms with Gasteiger partial charge in [-0.15, -0.1) is 0 Å². The molecule has 0 aliphatic carbocycles. The molecule has 0 atom stereocenters. The second-order valence-electron chi connectivity index (χ2n) is 6.65. The summed E-state index contributed by atoms with van der Waals surface area (Å²) in [6, 6.07) is 7.53. The number of hydrogen-bond acceptors (Lipinski definition) is 5. The largest absolute Gasteiger partial charge is 0.473 e. The van der Waals surface area contributed by atoms with Crippen LogP contribution in [0.3, 0.4) is 0 Å². The molecule has 3 heterocycles.